The maximum absolute atomic E-state index is 12.1. The third-order valence-electron chi connectivity index (χ3n) is 4.48. The maximum atomic E-state index is 12.1. The Morgan fingerprint density at radius 2 is 1.68 bits per heavy atom. The second-order valence-electron chi connectivity index (χ2n) is 6.19. The first-order chi connectivity index (χ1) is 12.1. The van der Waals surface area contributed by atoms with E-state index in [-0.39, 0.29) is 24.6 Å². The van der Waals surface area contributed by atoms with Crippen LogP contribution in [0.5, 0.6) is 0 Å². The Labute approximate surface area is 145 Å². The molecule has 2 aliphatic rings. The fraction of sp³-hybridized carbons (Fsp3) is 0.444. The lowest BCUT2D eigenvalue weighted by Crippen LogP contribution is -2.38. The van der Waals surface area contributed by atoms with Gasteiger partial charge in [0.1, 0.15) is 6.54 Å². The van der Waals surface area contributed by atoms with E-state index in [1.54, 1.807) is 29.2 Å². The van der Waals surface area contributed by atoms with Gasteiger partial charge in [-0.2, -0.15) is 0 Å². The normalized spacial score (nSPS) is 17.3. The first kappa shape index (κ1) is 17.1. The van der Waals surface area contributed by atoms with E-state index in [9.17, 15) is 19.2 Å². The molecule has 2 amide bonds. The van der Waals surface area contributed by atoms with Crippen LogP contribution in [0.25, 0.3) is 0 Å². The Hall–Kier alpha value is -2.70. The van der Waals surface area contributed by atoms with Crippen LogP contribution in [0.2, 0.25) is 0 Å². The van der Waals surface area contributed by atoms with Gasteiger partial charge in [-0.25, -0.2) is 0 Å². The number of hydrogen-bond donors (Lipinski definition) is 0. The molecule has 2 aliphatic heterocycles. The van der Waals surface area contributed by atoms with Crippen LogP contribution in [-0.2, 0) is 19.1 Å². The molecule has 7 nitrogen and oxygen atoms in total. The lowest BCUT2D eigenvalue weighted by molar-refractivity contribution is -0.151. The number of para-hydroxylation sites is 1. The number of carbonyl (C=O) groups excluding carboxylic acids is 4. The summed E-state index contributed by atoms with van der Waals surface area (Å²) in [7, 11) is 0. The molecule has 1 saturated heterocycles. The van der Waals surface area contributed by atoms with Crippen molar-refractivity contribution >= 4 is 29.3 Å². The number of hydrogen-bond acceptors (Lipinski definition) is 5. The van der Waals surface area contributed by atoms with Crippen LogP contribution in [0.15, 0.2) is 24.3 Å². The van der Waals surface area contributed by atoms with E-state index in [2.05, 4.69) is 0 Å². The summed E-state index contributed by atoms with van der Waals surface area (Å²) in [6.07, 6.45) is 4.13. The van der Waals surface area contributed by atoms with Gasteiger partial charge in [0.15, 0.2) is 6.61 Å². The number of fused-ring (bicyclic) bond motifs is 1. The topological polar surface area (TPSA) is 84.0 Å². The van der Waals surface area contributed by atoms with Crippen molar-refractivity contribution in [2.75, 3.05) is 31.1 Å². The molecule has 0 spiro atoms. The Morgan fingerprint density at radius 3 is 2.40 bits per heavy atom. The van der Waals surface area contributed by atoms with E-state index in [4.69, 9.17) is 4.74 Å². The van der Waals surface area contributed by atoms with Crippen molar-refractivity contribution in [3.05, 3.63) is 29.8 Å². The second-order valence-corrected chi connectivity index (χ2v) is 6.19. The molecule has 2 heterocycles. The molecule has 25 heavy (non-hydrogen) atoms. The zero-order chi connectivity index (χ0) is 17.8. The maximum Gasteiger partial charge on any atom is 0.326 e. The molecule has 0 aromatic heterocycles. The molecule has 132 valence electrons. The smallest absolute Gasteiger partial charge is 0.326 e. The van der Waals surface area contributed by atoms with E-state index in [1.807, 2.05) is 0 Å². The number of Topliss-reactive ketones (excluding diaryl/α,β-unsaturated/α-hetero) is 1. The molecule has 1 aromatic carbocycles. The van der Waals surface area contributed by atoms with E-state index < -0.39 is 17.7 Å². The molecule has 0 aliphatic carbocycles. The van der Waals surface area contributed by atoms with Crippen molar-refractivity contribution in [2.45, 2.75) is 25.7 Å². The number of amides is 2. The molecule has 0 radical (unpaired) electrons. The number of nitrogens with zero attached hydrogens (tertiary/aromatic N) is 2. The molecule has 0 saturated carbocycles. The van der Waals surface area contributed by atoms with Crippen LogP contribution in [0, 0.1) is 0 Å². The number of anilines is 1. The lowest BCUT2D eigenvalue weighted by Gasteiger charge is -2.20. The fourth-order valence-corrected chi connectivity index (χ4v) is 3.13. The first-order valence-corrected chi connectivity index (χ1v) is 8.46. The number of esters is 1. The highest BCUT2D eigenvalue weighted by Gasteiger charge is 2.36. The van der Waals surface area contributed by atoms with Crippen molar-refractivity contribution in [2.24, 2.45) is 0 Å². The monoisotopic (exact) mass is 344 g/mol. The SMILES string of the molecule is O=C(CN1C(=O)C(=O)c2ccccc21)OCC(=O)N1CCCCCC1. The minimum Gasteiger partial charge on any atom is -0.454 e. The summed E-state index contributed by atoms with van der Waals surface area (Å²) >= 11 is 0. The predicted octanol–water partition coefficient (Wildman–Crippen LogP) is 1.16. The quantitative estimate of drug-likeness (QED) is 0.604. The van der Waals surface area contributed by atoms with Crippen LogP contribution in [0.4, 0.5) is 5.69 Å². The molecule has 3 rings (SSSR count). The molecule has 1 fully saturated rings. The molecular formula is C18H20N2O5. The van der Waals surface area contributed by atoms with Gasteiger partial charge in [0, 0.05) is 13.1 Å². The van der Waals surface area contributed by atoms with Crippen LogP contribution < -0.4 is 4.90 Å². The van der Waals surface area contributed by atoms with E-state index in [0.29, 0.717) is 18.8 Å². The highest BCUT2D eigenvalue weighted by molar-refractivity contribution is 6.52. The largest absolute Gasteiger partial charge is 0.454 e. The number of rotatable bonds is 4. The summed E-state index contributed by atoms with van der Waals surface area (Å²) < 4.78 is 5.02. The Bertz CT molecular complexity index is 707. The van der Waals surface area contributed by atoms with Crippen molar-refractivity contribution in [1.29, 1.82) is 0 Å². The van der Waals surface area contributed by atoms with Gasteiger partial charge in [-0.1, -0.05) is 25.0 Å². The third-order valence-corrected chi connectivity index (χ3v) is 4.48. The predicted molar refractivity (Wildman–Crippen MR) is 89.1 cm³/mol. The highest BCUT2D eigenvalue weighted by atomic mass is 16.5. The lowest BCUT2D eigenvalue weighted by atomic mass is 10.1. The van der Waals surface area contributed by atoms with Crippen molar-refractivity contribution in [1.82, 2.24) is 4.90 Å². The number of ketones is 1. The third kappa shape index (κ3) is 3.70. The average Bonchev–Trinajstić information content (AvgIpc) is 2.83. The van der Waals surface area contributed by atoms with Crippen molar-refractivity contribution in [3.8, 4) is 0 Å². The zero-order valence-corrected chi connectivity index (χ0v) is 13.9. The number of likely N-dealkylation sites (tertiary alicyclic amines) is 1. The molecule has 0 atom stereocenters. The molecular weight excluding hydrogens is 324 g/mol. The molecule has 0 unspecified atom stereocenters. The van der Waals surface area contributed by atoms with Crippen molar-refractivity contribution in [3.63, 3.8) is 0 Å². The first-order valence-electron chi connectivity index (χ1n) is 8.46. The Balaban J connectivity index is 1.55. The summed E-state index contributed by atoms with van der Waals surface area (Å²) in [4.78, 5) is 50.8. The summed E-state index contributed by atoms with van der Waals surface area (Å²) in [5.41, 5.74) is 0.675. The van der Waals surface area contributed by atoms with Crippen LogP contribution in [0.1, 0.15) is 36.0 Å². The number of ether oxygens (including phenoxy) is 1. The highest BCUT2D eigenvalue weighted by Crippen LogP contribution is 2.28. The summed E-state index contributed by atoms with van der Waals surface area (Å²) in [6.45, 7) is 0.650. The summed E-state index contributed by atoms with van der Waals surface area (Å²) in [5, 5.41) is 0. The van der Waals surface area contributed by atoms with E-state index in [1.165, 1.54) is 0 Å². The summed E-state index contributed by atoms with van der Waals surface area (Å²) in [5.74, 6) is -2.32. The van der Waals surface area contributed by atoms with Crippen LogP contribution >= 0.6 is 0 Å². The van der Waals surface area contributed by atoms with Gasteiger partial charge < -0.3 is 9.64 Å². The number of benzene rings is 1. The molecule has 0 N–H and O–H groups in total. The van der Waals surface area contributed by atoms with Crippen LogP contribution in [0.3, 0.4) is 0 Å². The summed E-state index contributed by atoms with van der Waals surface area (Å²) in [6, 6.07) is 6.50. The van der Waals surface area contributed by atoms with Gasteiger partial charge in [-0.15, -0.1) is 0 Å². The van der Waals surface area contributed by atoms with E-state index in [0.717, 1.165) is 30.6 Å². The van der Waals surface area contributed by atoms with Gasteiger partial charge in [0.25, 0.3) is 17.6 Å². The standard InChI is InChI=1S/C18H20N2O5/c21-15(19-9-5-1-2-6-10-19)12-25-16(22)11-20-14-8-4-3-7-13(14)17(23)18(20)24/h3-4,7-8H,1-2,5-6,9-12H2. The Kier molecular flexibility index (Phi) is 5.11. The zero-order valence-electron chi connectivity index (χ0n) is 13.9. The Morgan fingerprint density at radius 1 is 1.00 bits per heavy atom. The van der Waals surface area contributed by atoms with Gasteiger partial charge in [0.2, 0.25) is 0 Å². The van der Waals surface area contributed by atoms with E-state index >= 15 is 0 Å². The van der Waals surface area contributed by atoms with Gasteiger partial charge in [-0.3, -0.25) is 24.1 Å². The molecule has 7 heteroatoms. The second kappa shape index (κ2) is 7.46. The molecule has 0 bridgehead atoms. The average molecular weight is 344 g/mol. The van der Waals surface area contributed by atoms with Crippen molar-refractivity contribution < 1.29 is 23.9 Å². The van der Waals surface area contributed by atoms with Gasteiger partial charge >= 0.3 is 5.97 Å². The minimum atomic E-state index is -0.753. The van der Waals surface area contributed by atoms with Crippen LogP contribution in [-0.4, -0.2) is 54.7 Å². The van der Waals surface area contributed by atoms with Gasteiger partial charge in [-0.05, 0) is 25.0 Å². The fourth-order valence-electron chi connectivity index (χ4n) is 3.13. The molecule has 1 aromatic rings. The van der Waals surface area contributed by atoms with Gasteiger partial charge in [0.05, 0.1) is 11.3 Å². The minimum absolute atomic E-state index is 0.223. The number of carbonyl (C=O) groups is 4.